The Morgan fingerprint density at radius 3 is 2.11 bits per heavy atom. The summed E-state index contributed by atoms with van der Waals surface area (Å²) in [4.78, 5) is 24.3. The summed E-state index contributed by atoms with van der Waals surface area (Å²) >= 11 is 0. The molecule has 1 atom stereocenters. The van der Waals surface area contributed by atoms with Crippen LogP contribution in [0.25, 0.3) is 0 Å². The van der Waals surface area contributed by atoms with Crippen molar-refractivity contribution in [2.75, 3.05) is 18.5 Å². The molecule has 2 aromatic rings. The number of anilines is 1. The Morgan fingerprint density at radius 2 is 1.54 bits per heavy atom. The van der Waals surface area contributed by atoms with Crippen molar-refractivity contribution >= 4 is 17.6 Å². The molecular formula is C22H27NO5. The van der Waals surface area contributed by atoms with Gasteiger partial charge in [0, 0.05) is 5.69 Å². The van der Waals surface area contributed by atoms with E-state index in [4.69, 9.17) is 14.2 Å². The molecule has 0 aromatic heterocycles. The standard InChI is InChI=1S/C22H27NO5/c1-5-26-19-10-12-20(13-11-19)28-16(4)21(24)23-18-8-6-17(7-9-18)22(25)27-14-15(2)3/h6-13,15-16H,5,14H2,1-4H3,(H,23,24). The van der Waals surface area contributed by atoms with E-state index in [2.05, 4.69) is 5.32 Å². The van der Waals surface area contributed by atoms with Crippen molar-refractivity contribution in [1.82, 2.24) is 0 Å². The van der Waals surface area contributed by atoms with Crippen LogP contribution in [0.1, 0.15) is 38.1 Å². The quantitative estimate of drug-likeness (QED) is 0.651. The van der Waals surface area contributed by atoms with Crippen molar-refractivity contribution < 1.29 is 23.8 Å². The average molecular weight is 385 g/mol. The minimum Gasteiger partial charge on any atom is -0.494 e. The maximum atomic E-state index is 12.3. The number of rotatable bonds is 9. The van der Waals surface area contributed by atoms with Crippen molar-refractivity contribution in [2.45, 2.75) is 33.8 Å². The fraction of sp³-hybridized carbons (Fsp3) is 0.364. The first kappa shape index (κ1) is 21.3. The van der Waals surface area contributed by atoms with E-state index < -0.39 is 6.10 Å². The second-order valence-electron chi connectivity index (χ2n) is 6.72. The van der Waals surface area contributed by atoms with Gasteiger partial charge >= 0.3 is 5.97 Å². The third kappa shape index (κ3) is 6.61. The highest BCUT2D eigenvalue weighted by Gasteiger charge is 2.15. The highest BCUT2D eigenvalue weighted by molar-refractivity contribution is 5.95. The number of carbonyl (C=O) groups is 2. The van der Waals surface area contributed by atoms with Crippen LogP contribution in [0.15, 0.2) is 48.5 Å². The molecule has 1 unspecified atom stereocenters. The molecule has 0 aliphatic heterocycles. The molecule has 0 radical (unpaired) electrons. The van der Waals surface area contributed by atoms with Gasteiger partial charge in [0.1, 0.15) is 11.5 Å². The van der Waals surface area contributed by atoms with Crippen LogP contribution < -0.4 is 14.8 Å². The van der Waals surface area contributed by atoms with Gasteiger partial charge < -0.3 is 19.5 Å². The van der Waals surface area contributed by atoms with Crippen LogP contribution in [0.4, 0.5) is 5.69 Å². The summed E-state index contributed by atoms with van der Waals surface area (Å²) in [5.74, 6) is 0.940. The Balaban J connectivity index is 1.88. The van der Waals surface area contributed by atoms with E-state index in [-0.39, 0.29) is 17.8 Å². The molecule has 0 spiro atoms. The summed E-state index contributed by atoms with van der Waals surface area (Å²) in [6.07, 6.45) is -0.686. The summed E-state index contributed by atoms with van der Waals surface area (Å²) in [6, 6.07) is 13.7. The predicted molar refractivity (Wildman–Crippen MR) is 108 cm³/mol. The number of ether oxygens (including phenoxy) is 3. The number of hydrogen-bond donors (Lipinski definition) is 1. The highest BCUT2D eigenvalue weighted by atomic mass is 16.5. The minimum absolute atomic E-state index is 0.277. The van der Waals surface area contributed by atoms with Crippen molar-refractivity contribution in [1.29, 1.82) is 0 Å². The molecule has 0 saturated heterocycles. The van der Waals surface area contributed by atoms with E-state index in [0.717, 1.165) is 5.75 Å². The van der Waals surface area contributed by atoms with Gasteiger partial charge in [-0.1, -0.05) is 13.8 Å². The number of benzene rings is 2. The van der Waals surface area contributed by atoms with Crippen LogP contribution in [0.5, 0.6) is 11.5 Å². The van der Waals surface area contributed by atoms with E-state index in [0.29, 0.717) is 30.2 Å². The normalized spacial score (nSPS) is 11.6. The van der Waals surface area contributed by atoms with Gasteiger partial charge in [0.05, 0.1) is 18.8 Å². The molecule has 0 aliphatic carbocycles. The van der Waals surface area contributed by atoms with Crippen LogP contribution in [-0.4, -0.2) is 31.2 Å². The molecule has 1 N–H and O–H groups in total. The van der Waals surface area contributed by atoms with E-state index in [1.165, 1.54) is 0 Å². The molecule has 2 aromatic carbocycles. The maximum Gasteiger partial charge on any atom is 0.338 e. The average Bonchev–Trinajstić information content (AvgIpc) is 2.68. The van der Waals surface area contributed by atoms with Crippen LogP contribution in [-0.2, 0) is 9.53 Å². The molecule has 6 heteroatoms. The molecule has 0 saturated carbocycles. The molecule has 6 nitrogen and oxygen atoms in total. The predicted octanol–water partition coefficient (Wildman–Crippen LogP) is 4.30. The van der Waals surface area contributed by atoms with Gasteiger partial charge in [0.25, 0.3) is 5.91 Å². The first-order valence-electron chi connectivity index (χ1n) is 9.36. The van der Waals surface area contributed by atoms with Gasteiger partial charge in [-0.25, -0.2) is 4.79 Å². The molecule has 0 fully saturated rings. The lowest BCUT2D eigenvalue weighted by Gasteiger charge is -2.15. The zero-order valence-corrected chi connectivity index (χ0v) is 16.7. The lowest BCUT2D eigenvalue weighted by molar-refractivity contribution is -0.122. The monoisotopic (exact) mass is 385 g/mol. The van der Waals surface area contributed by atoms with Crippen LogP contribution in [0.2, 0.25) is 0 Å². The zero-order chi connectivity index (χ0) is 20.5. The third-order valence-corrected chi connectivity index (χ3v) is 3.75. The van der Waals surface area contributed by atoms with E-state index >= 15 is 0 Å². The molecule has 150 valence electrons. The van der Waals surface area contributed by atoms with Crippen molar-refractivity contribution in [3.8, 4) is 11.5 Å². The number of carbonyl (C=O) groups excluding carboxylic acids is 2. The van der Waals surface area contributed by atoms with Crippen molar-refractivity contribution in [3.63, 3.8) is 0 Å². The lowest BCUT2D eigenvalue weighted by atomic mass is 10.2. The van der Waals surface area contributed by atoms with Gasteiger partial charge in [-0.15, -0.1) is 0 Å². The molecule has 1 amide bonds. The first-order chi connectivity index (χ1) is 13.4. The summed E-state index contributed by atoms with van der Waals surface area (Å²) < 4.78 is 16.2. The number of amides is 1. The van der Waals surface area contributed by atoms with Gasteiger partial charge in [-0.3, -0.25) is 4.79 Å². The summed E-state index contributed by atoms with van der Waals surface area (Å²) in [5.41, 5.74) is 1.02. The van der Waals surface area contributed by atoms with E-state index in [9.17, 15) is 9.59 Å². The molecule has 28 heavy (non-hydrogen) atoms. The van der Waals surface area contributed by atoms with Crippen LogP contribution in [0.3, 0.4) is 0 Å². The second kappa shape index (κ2) is 10.3. The molecule has 2 rings (SSSR count). The van der Waals surface area contributed by atoms with Crippen LogP contribution >= 0.6 is 0 Å². The summed E-state index contributed by atoms with van der Waals surface area (Å²) in [5, 5.41) is 2.77. The van der Waals surface area contributed by atoms with Gasteiger partial charge in [0.2, 0.25) is 0 Å². The Morgan fingerprint density at radius 1 is 0.929 bits per heavy atom. The molecular weight excluding hydrogens is 358 g/mol. The highest BCUT2D eigenvalue weighted by Crippen LogP contribution is 2.19. The zero-order valence-electron chi connectivity index (χ0n) is 16.7. The van der Waals surface area contributed by atoms with Gasteiger partial charge in [-0.05, 0) is 68.3 Å². The Hall–Kier alpha value is -3.02. The second-order valence-corrected chi connectivity index (χ2v) is 6.72. The van der Waals surface area contributed by atoms with E-state index in [1.54, 1.807) is 55.5 Å². The molecule has 0 aliphatic rings. The fourth-order valence-corrected chi connectivity index (χ4v) is 2.30. The minimum atomic E-state index is -0.686. The Bertz CT molecular complexity index is 769. The number of hydrogen-bond acceptors (Lipinski definition) is 5. The lowest BCUT2D eigenvalue weighted by Crippen LogP contribution is -2.30. The smallest absolute Gasteiger partial charge is 0.338 e. The third-order valence-electron chi connectivity index (χ3n) is 3.75. The molecule has 0 bridgehead atoms. The fourth-order valence-electron chi connectivity index (χ4n) is 2.30. The van der Waals surface area contributed by atoms with Gasteiger partial charge in [-0.2, -0.15) is 0 Å². The Kier molecular flexibility index (Phi) is 7.87. The molecule has 0 heterocycles. The van der Waals surface area contributed by atoms with Crippen molar-refractivity contribution in [2.24, 2.45) is 5.92 Å². The largest absolute Gasteiger partial charge is 0.494 e. The topological polar surface area (TPSA) is 73.9 Å². The Labute approximate surface area is 165 Å². The summed E-state index contributed by atoms with van der Waals surface area (Å²) in [6.45, 7) is 8.50. The first-order valence-corrected chi connectivity index (χ1v) is 9.36. The van der Waals surface area contributed by atoms with Gasteiger partial charge in [0.15, 0.2) is 6.10 Å². The van der Waals surface area contributed by atoms with E-state index in [1.807, 2.05) is 20.8 Å². The number of esters is 1. The summed E-state index contributed by atoms with van der Waals surface area (Å²) in [7, 11) is 0. The number of nitrogens with one attached hydrogen (secondary N) is 1. The SMILES string of the molecule is CCOc1ccc(OC(C)C(=O)Nc2ccc(C(=O)OCC(C)C)cc2)cc1. The van der Waals surface area contributed by atoms with Crippen molar-refractivity contribution in [3.05, 3.63) is 54.1 Å². The maximum absolute atomic E-state index is 12.3. The van der Waals surface area contributed by atoms with Crippen LogP contribution in [0, 0.1) is 5.92 Å².